The first kappa shape index (κ1) is 20.8. The van der Waals surface area contributed by atoms with Crippen molar-refractivity contribution in [2.75, 3.05) is 13.1 Å². The van der Waals surface area contributed by atoms with Crippen molar-refractivity contribution in [2.24, 2.45) is 0 Å². The Hall–Kier alpha value is -2.47. The maximum Gasteiger partial charge on any atom is 0.253 e. The van der Waals surface area contributed by atoms with Crippen LogP contribution in [-0.2, 0) is 5.41 Å². The second kappa shape index (κ2) is 8.34. The zero-order valence-corrected chi connectivity index (χ0v) is 19.1. The van der Waals surface area contributed by atoms with Crippen molar-refractivity contribution < 1.29 is 9.32 Å². The third kappa shape index (κ3) is 4.48. The van der Waals surface area contributed by atoms with Crippen LogP contribution in [0.25, 0.3) is 11.4 Å². The first-order valence-corrected chi connectivity index (χ1v) is 11.1. The largest absolute Gasteiger partial charge is 0.339 e. The van der Waals surface area contributed by atoms with E-state index < -0.39 is 0 Å². The number of carbonyl (C=O) groups is 1. The van der Waals surface area contributed by atoms with E-state index in [4.69, 9.17) is 4.52 Å². The second-order valence-electron chi connectivity index (χ2n) is 8.88. The third-order valence-corrected chi connectivity index (χ3v) is 6.13. The molecule has 1 fully saturated rings. The van der Waals surface area contributed by atoms with Gasteiger partial charge in [0.05, 0.1) is 5.92 Å². The Labute approximate surface area is 185 Å². The standard InChI is InChI=1S/C24H26BrN3O2/c1-24(2,3)19-10-6-17(7-11-19)23(29)28-14-4-5-18(15-28)22-26-21(27-30-22)16-8-12-20(25)13-9-16/h6-13,18H,4-5,14-15H2,1-3H3. The number of rotatable bonds is 3. The second-order valence-corrected chi connectivity index (χ2v) is 9.80. The molecule has 0 saturated carbocycles. The monoisotopic (exact) mass is 467 g/mol. The van der Waals surface area contributed by atoms with Gasteiger partial charge in [-0.15, -0.1) is 0 Å². The number of carbonyl (C=O) groups excluding carboxylic acids is 1. The van der Waals surface area contributed by atoms with Crippen LogP contribution >= 0.6 is 15.9 Å². The Morgan fingerprint density at radius 2 is 1.80 bits per heavy atom. The van der Waals surface area contributed by atoms with Crippen LogP contribution in [0.4, 0.5) is 0 Å². The van der Waals surface area contributed by atoms with Crippen molar-refractivity contribution in [3.8, 4) is 11.4 Å². The molecule has 2 heterocycles. The zero-order valence-electron chi connectivity index (χ0n) is 17.6. The maximum absolute atomic E-state index is 13.1. The fraction of sp³-hybridized carbons (Fsp3) is 0.375. The summed E-state index contributed by atoms with van der Waals surface area (Å²) >= 11 is 3.44. The zero-order chi connectivity index (χ0) is 21.3. The van der Waals surface area contributed by atoms with Crippen molar-refractivity contribution in [2.45, 2.75) is 44.9 Å². The molecule has 3 aromatic rings. The average Bonchev–Trinajstić information content (AvgIpc) is 3.24. The van der Waals surface area contributed by atoms with Crippen LogP contribution < -0.4 is 0 Å². The van der Waals surface area contributed by atoms with Crippen LogP contribution in [0.3, 0.4) is 0 Å². The number of hydrogen-bond acceptors (Lipinski definition) is 4. The molecule has 6 heteroatoms. The summed E-state index contributed by atoms with van der Waals surface area (Å²) in [6.07, 6.45) is 1.86. The lowest BCUT2D eigenvalue weighted by molar-refractivity contribution is 0.0695. The molecule has 1 aliphatic rings. The number of hydrogen-bond donors (Lipinski definition) is 0. The van der Waals surface area contributed by atoms with E-state index in [2.05, 4.69) is 59.0 Å². The van der Waals surface area contributed by atoms with E-state index in [0.29, 0.717) is 18.3 Å². The van der Waals surface area contributed by atoms with Gasteiger partial charge >= 0.3 is 0 Å². The molecule has 1 atom stereocenters. The van der Waals surface area contributed by atoms with Crippen molar-refractivity contribution >= 4 is 21.8 Å². The van der Waals surface area contributed by atoms with E-state index in [9.17, 15) is 4.79 Å². The highest BCUT2D eigenvalue weighted by Crippen LogP contribution is 2.29. The Kier molecular flexibility index (Phi) is 5.78. The molecular formula is C24H26BrN3O2. The fourth-order valence-corrected chi connectivity index (χ4v) is 4.04. The lowest BCUT2D eigenvalue weighted by Gasteiger charge is -2.31. The van der Waals surface area contributed by atoms with Gasteiger partial charge in [0.25, 0.3) is 5.91 Å². The molecule has 1 aromatic heterocycles. The normalized spacial score (nSPS) is 17.2. The first-order chi connectivity index (χ1) is 14.3. The van der Waals surface area contributed by atoms with Crippen molar-refractivity contribution in [1.29, 1.82) is 0 Å². The van der Waals surface area contributed by atoms with Gasteiger partial charge in [-0.1, -0.05) is 54.0 Å². The molecule has 1 aliphatic heterocycles. The number of amides is 1. The molecule has 0 N–H and O–H groups in total. The van der Waals surface area contributed by atoms with Gasteiger partial charge in [0, 0.05) is 28.7 Å². The predicted octanol–water partition coefficient (Wildman–Crippen LogP) is 5.82. The van der Waals surface area contributed by atoms with Gasteiger partial charge in [0.1, 0.15) is 0 Å². The SMILES string of the molecule is CC(C)(C)c1ccc(C(=O)N2CCCC(c3nc(-c4ccc(Br)cc4)no3)C2)cc1. The fourth-order valence-electron chi connectivity index (χ4n) is 3.78. The summed E-state index contributed by atoms with van der Waals surface area (Å²) in [5.74, 6) is 1.31. The van der Waals surface area contributed by atoms with E-state index in [1.165, 1.54) is 5.56 Å². The molecule has 1 amide bonds. The van der Waals surface area contributed by atoms with Crippen molar-refractivity contribution in [1.82, 2.24) is 15.0 Å². The van der Waals surface area contributed by atoms with E-state index >= 15 is 0 Å². The number of nitrogens with zero attached hydrogens (tertiary/aromatic N) is 3. The molecule has 30 heavy (non-hydrogen) atoms. The summed E-state index contributed by atoms with van der Waals surface area (Å²) in [7, 11) is 0. The number of piperidine rings is 1. The average molecular weight is 468 g/mol. The van der Waals surface area contributed by atoms with Crippen LogP contribution in [-0.4, -0.2) is 34.0 Å². The Morgan fingerprint density at radius 3 is 2.47 bits per heavy atom. The molecule has 0 radical (unpaired) electrons. The van der Waals surface area contributed by atoms with E-state index in [1.54, 1.807) is 0 Å². The minimum absolute atomic E-state index is 0.0628. The molecule has 0 bridgehead atoms. The van der Waals surface area contributed by atoms with Crippen LogP contribution in [0, 0.1) is 0 Å². The van der Waals surface area contributed by atoms with Gasteiger partial charge in [-0.3, -0.25) is 4.79 Å². The summed E-state index contributed by atoms with van der Waals surface area (Å²) in [6, 6.07) is 15.8. The van der Waals surface area contributed by atoms with Crippen LogP contribution in [0.15, 0.2) is 57.5 Å². The smallest absolute Gasteiger partial charge is 0.253 e. The van der Waals surface area contributed by atoms with Crippen molar-refractivity contribution in [3.05, 3.63) is 70.0 Å². The lowest BCUT2D eigenvalue weighted by Crippen LogP contribution is -2.39. The highest BCUT2D eigenvalue weighted by molar-refractivity contribution is 9.10. The highest BCUT2D eigenvalue weighted by atomic mass is 79.9. The van der Waals surface area contributed by atoms with Gasteiger partial charge in [-0.25, -0.2) is 0 Å². The Balaban J connectivity index is 1.47. The van der Waals surface area contributed by atoms with Gasteiger partial charge in [0.15, 0.2) is 0 Å². The maximum atomic E-state index is 13.1. The van der Waals surface area contributed by atoms with Crippen LogP contribution in [0.5, 0.6) is 0 Å². The van der Waals surface area contributed by atoms with Crippen LogP contribution in [0.2, 0.25) is 0 Å². The van der Waals surface area contributed by atoms with Gasteiger partial charge in [-0.05, 0) is 60.2 Å². The molecule has 5 nitrogen and oxygen atoms in total. The summed E-state index contributed by atoms with van der Waals surface area (Å²) < 4.78 is 6.57. The topological polar surface area (TPSA) is 59.2 Å². The summed E-state index contributed by atoms with van der Waals surface area (Å²) in [5.41, 5.74) is 2.94. The van der Waals surface area contributed by atoms with Crippen LogP contribution in [0.1, 0.15) is 61.3 Å². The Bertz CT molecular complexity index is 1020. The van der Waals surface area contributed by atoms with Gasteiger partial charge < -0.3 is 9.42 Å². The number of likely N-dealkylation sites (tertiary alicyclic amines) is 1. The summed E-state index contributed by atoms with van der Waals surface area (Å²) in [4.78, 5) is 19.6. The minimum Gasteiger partial charge on any atom is -0.339 e. The third-order valence-electron chi connectivity index (χ3n) is 5.60. The molecule has 0 spiro atoms. The quantitative estimate of drug-likeness (QED) is 0.486. The van der Waals surface area contributed by atoms with Gasteiger partial charge in [-0.2, -0.15) is 4.98 Å². The predicted molar refractivity (Wildman–Crippen MR) is 120 cm³/mol. The number of aromatic nitrogens is 2. The lowest BCUT2D eigenvalue weighted by atomic mass is 9.86. The molecule has 2 aromatic carbocycles. The highest BCUT2D eigenvalue weighted by Gasteiger charge is 2.29. The van der Waals surface area contributed by atoms with Crippen molar-refractivity contribution in [3.63, 3.8) is 0 Å². The molecular weight excluding hydrogens is 442 g/mol. The molecule has 1 unspecified atom stereocenters. The Morgan fingerprint density at radius 1 is 1.10 bits per heavy atom. The molecule has 4 rings (SSSR count). The summed E-state index contributed by atoms with van der Waals surface area (Å²) in [6.45, 7) is 7.87. The molecule has 0 aliphatic carbocycles. The summed E-state index contributed by atoms with van der Waals surface area (Å²) in [5, 5.41) is 4.15. The van der Waals surface area contributed by atoms with E-state index in [1.807, 2.05) is 41.3 Å². The number of halogens is 1. The minimum atomic E-state index is 0.0628. The van der Waals surface area contributed by atoms with E-state index in [-0.39, 0.29) is 17.2 Å². The molecule has 1 saturated heterocycles. The molecule has 156 valence electrons. The number of benzene rings is 2. The van der Waals surface area contributed by atoms with Gasteiger partial charge in [0.2, 0.25) is 11.7 Å². The van der Waals surface area contributed by atoms with E-state index in [0.717, 1.165) is 35.0 Å². The first-order valence-electron chi connectivity index (χ1n) is 10.3.